The zero-order chi connectivity index (χ0) is 43.3. The molecular formula is C62H55NSi. The van der Waals surface area contributed by atoms with Gasteiger partial charge in [0.25, 0.3) is 0 Å². The third-order valence-corrected chi connectivity index (χ3v) is 22.5. The van der Waals surface area contributed by atoms with E-state index < -0.39 is 8.07 Å². The quantitative estimate of drug-likeness (QED) is 0.127. The number of fused-ring (bicyclic) bond motifs is 11. The van der Waals surface area contributed by atoms with E-state index in [9.17, 15) is 0 Å². The van der Waals surface area contributed by atoms with E-state index in [1.807, 2.05) is 5.20 Å². The maximum Gasteiger partial charge on any atom is 0.119 e. The van der Waals surface area contributed by atoms with Crippen molar-refractivity contribution < 1.29 is 0 Å². The molecule has 1 nitrogen and oxygen atoms in total. The minimum absolute atomic E-state index is 0.0472. The van der Waals surface area contributed by atoms with Crippen LogP contribution in [-0.4, -0.2) is 15.1 Å². The van der Waals surface area contributed by atoms with Gasteiger partial charge in [-0.05, 0) is 165 Å². The highest BCUT2D eigenvalue weighted by Gasteiger charge is 2.49. The first kappa shape index (κ1) is 38.3. The Labute approximate surface area is 379 Å². The first-order chi connectivity index (χ1) is 31.1. The Morgan fingerprint density at radius 3 is 1.80 bits per heavy atom. The smallest absolute Gasteiger partial charge is 0.119 e. The molecule has 3 aliphatic carbocycles. The summed E-state index contributed by atoms with van der Waals surface area (Å²) >= 11 is 0. The molecule has 0 radical (unpaired) electrons. The van der Waals surface area contributed by atoms with Gasteiger partial charge < -0.3 is 4.90 Å². The van der Waals surface area contributed by atoms with E-state index in [1.165, 1.54) is 142 Å². The maximum absolute atomic E-state index is 2.60. The first-order valence-corrected chi connectivity index (χ1v) is 26.3. The van der Waals surface area contributed by atoms with Crippen molar-refractivity contribution in [3.8, 4) is 55.6 Å². The minimum atomic E-state index is -1.83. The Balaban J connectivity index is 1.07. The average molecular weight is 842 g/mol. The van der Waals surface area contributed by atoms with Crippen LogP contribution in [0, 0.1) is 5.92 Å². The number of anilines is 1. The van der Waals surface area contributed by atoms with Crippen molar-refractivity contribution in [3.05, 3.63) is 191 Å². The third kappa shape index (κ3) is 5.06. The van der Waals surface area contributed by atoms with Crippen LogP contribution in [0.3, 0.4) is 0 Å². The predicted molar refractivity (Wildman–Crippen MR) is 275 cm³/mol. The van der Waals surface area contributed by atoms with Gasteiger partial charge in [0.05, 0.1) is 0 Å². The third-order valence-electron chi connectivity index (χ3n) is 16.8. The van der Waals surface area contributed by atoms with Gasteiger partial charge in [0.1, 0.15) is 8.07 Å². The van der Waals surface area contributed by atoms with Crippen LogP contribution in [0.5, 0.6) is 0 Å². The molecule has 5 aliphatic rings. The molecule has 8 aromatic carbocycles. The molecule has 0 bridgehead atoms. The van der Waals surface area contributed by atoms with Crippen LogP contribution in [-0.2, 0) is 10.8 Å². The van der Waals surface area contributed by atoms with Crippen molar-refractivity contribution in [2.45, 2.75) is 76.8 Å². The second-order valence-corrected chi connectivity index (χ2v) is 25.1. The molecule has 312 valence electrons. The lowest BCUT2D eigenvalue weighted by Crippen LogP contribution is -2.55. The highest BCUT2D eigenvalue weighted by molar-refractivity contribution is 6.99. The van der Waals surface area contributed by atoms with Crippen LogP contribution < -0.4 is 10.1 Å². The molecule has 2 aliphatic heterocycles. The van der Waals surface area contributed by atoms with Crippen LogP contribution in [0.25, 0.3) is 77.2 Å². The molecule has 64 heavy (non-hydrogen) atoms. The molecule has 8 aromatic rings. The zero-order valence-corrected chi connectivity index (χ0v) is 39.1. The highest BCUT2D eigenvalue weighted by atomic mass is 28.3. The summed E-state index contributed by atoms with van der Waals surface area (Å²) in [5.74, 6) is 0.625. The van der Waals surface area contributed by atoms with Crippen molar-refractivity contribution in [1.29, 1.82) is 0 Å². The monoisotopic (exact) mass is 841 g/mol. The minimum Gasteiger partial charge on any atom is -0.345 e. The normalized spacial score (nSPS) is 19.2. The van der Waals surface area contributed by atoms with Crippen molar-refractivity contribution in [2.75, 3.05) is 11.9 Å². The molecule has 2 heterocycles. The lowest BCUT2D eigenvalue weighted by atomic mass is 9.80. The molecule has 13 rings (SSSR count). The van der Waals surface area contributed by atoms with Crippen LogP contribution in [0.15, 0.2) is 169 Å². The van der Waals surface area contributed by atoms with E-state index in [-0.39, 0.29) is 10.8 Å². The van der Waals surface area contributed by atoms with Crippen molar-refractivity contribution in [2.24, 2.45) is 5.92 Å². The highest BCUT2D eigenvalue weighted by Crippen LogP contribution is 2.54. The Kier molecular flexibility index (Phi) is 8.01. The van der Waals surface area contributed by atoms with E-state index in [4.69, 9.17) is 0 Å². The van der Waals surface area contributed by atoms with Gasteiger partial charge in [-0.1, -0.05) is 175 Å². The van der Waals surface area contributed by atoms with Crippen LogP contribution in [0.4, 0.5) is 5.69 Å². The average Bonchev–Trinajstić information content (AvgIpc) is 3.96. The molecule has 0 saturated carbocycles. The zero-order valence-electron chi connectivity index (χ0n) is 38.1. The number of allylic oxidation sites excluding steroid dienone is 3. The van der Waals surface area contributed by atoms with Gasteiger partial charge in [-0.25, -0.2) is 0 Å². The topological polar surface area (TPSA) is 3.24 Å². The van der Waals surface area contributed by atoms with Crippen molar-refractivity contribution in [1.82, 2.24) is 0 Å². The molecule has 1 fully saturated rings. The SMILES string of the molecule is CC1CC=CC2=C1[Si]1(CCCC1)c1ccc(-c3c4ccccc4c(-c4ccc5c(c4)-c4ccccc4C5(C)C)c4cc(-c5ccc6c(c5)C(C)(C)c5ccccc5-6)ccc34)cc1N2C. The number of benzene rings is 8. The summed E-state index contributed by atoms with van der Waals surface area (Å²) in [6, 6.07) is 59.7. The maximum atomic E-state index is 2.60. The second kappa shape index (κ2) is 13.4. The summed E-state index contributed by atoms with van der Waals surface area (Å²) in [4.78, 5) is 2.56. The van der Waals surface area contributed by atoms with Gasteiger partial charge in [-0.15, -0.1) is 0 Å². The summed E-state index contributed by atoms with van der Waals surface area (Å²) in [6.45, 7) is 12.0. The van der Waals surface area contributed by atoms with Gasteiger partial charge in [0.15, 0.2) is 0 Å². The van der Waals surface area contributed by atoms with E-state index in [1.54, 1.807) is 5.19 Å². The molecule has 0 N–H and O–H groups in total. The molecule has 2 heteroatoms. The number of hydrogen-bond acceptors (Lipinski definition) is 1. The largest absolute Gasteiger partial charge is 0.345 e. The van der Waals surface area contributed by atoms with Crippen LogP contribution in [0.2, 0.25) is 12.1 Å². The van der Waals surface area contributed by atoms with Crippen molar-refractivity contribution in [3.63, 3.8) is 0 Å². The van der Waals surface area contributed by atoms with Gasteiger partial charge in [0, 0.05) is 29.3 Å². The standard InChI is InChI=1S/C62H55NSi/c1-38-16-15-23-55-60(38)64(32-13-14-33-64)57-31-27-42(37-56(57)63(55)6)58-46-19-7-8-20-47(46)59(41-26-30-53-49(35-41)44-18-10-12-22-52(44)61(53,2)3)50-34-39(25-29-48(50)58)40-24-28-45-43-17-9-11-21-51(43)62(4,5)54(45)36-40/h7-12,15,17-31,34-38H,13-14,16,32-33H2,1-6H3. The fourth-order valence-corrected chi connectivity index (χ4v) is 20.0. The van der Waals surface area contributed by atoms with E-state index in [2.05, 4.69) is 204 Å². The summed E-state index contributed by atoms with van der Waals surface area (Å²) in [6.07, 6.45) is 8.80. The number of rotatable bonds is 3. The molecular weight excluding hydrogens is 787 g/mol. The van der Waals surface area contributed by atoms with E-state index in [0.717, 1.165) is 0 Å². The molecule has 1 spiro atoms. The molecule has 0 aromatic heterocycles. The number of hydrogen-bond donors (Lipinski definition) is 0. The Bertz CT molecular complexity index is 3400. The number of likely N-dealkylation sites (N-methyl/N-ethyl adjacent to an activating group) is 1. The second-order valence-electron chi connectivity index (χ2n) is 20.8. The predicted octanol–water partition coefficient (Wildman–Crippen LogP) is 15.9. The summed E-state index contributed by atoms with van der Waals surface area (Å²) in [5.41, 5.74) is 21.7. The van der Waals surface area contributed by atoms with Gasteiger partial charge in [-0.2, -0.15) is 0 Å². The fraction of sp³-hybridized carbons (Fsp3) is 0.226. The van der Waals surface area contributed by atoms with Crippen molar-refractivity contribution >= 4 is 40.5 Å². The molecule has 0 amide bonds. The molecule has 1 unspecified atom stereocenters. The van der Waals surface area contributed by atoms with E-state index in [0.29, 0.717) is 5.92 Å². The van der Waals surface area contributed by atoms with E-state index >= 15 is 0 Å². The van der Waals surface area contributed by atoms with Crippen LogP contribution >= 0.6 is 0 Å². The summed E-state index contributed by atoms with van der Waals surface area (Å²) < 4.78 is 0. The van der Waals surface area contributed by atoms with Gasteiger partial charge >= 0.3 is 0 Å². The van der Waals surface area contributed by atoms with Gasteiger partial charge in [0.2, 0.25) is 0 Å². The molecule has 1 saturated heterocycles. The van der Waals surface area contributed by atoms with Crippen LogP contribution in [0.1, 0.15) is 76.1 Å². The summed E-state index contributed by atoms with van der Waals surface area (Å²) in [7, 11) is 0.506. The first-order valence-electron chi connectivity index (χ1n) is 23.8. The number of nitrogens with zero attached hydrogens (tertiary/aromatic N) is 1. The Morgan fingerprint density at radius 2 is 1.05 bits per heavy atom. The molecule has 1 atom stereocenters. The Morgan fingerprint density at radius 1 is 0.500 bits per heavy atom. The van der Waals surface area contributed by atoms with Gasteiger partial charge in [-0.3, -0.25) is 0 Å². The fourth-order valence-electron chi connectivity index (χ4n) is 13.8. The Hall–Kier alpha value is -6.22. The lowest BCUT2D eigenvalue weighted by molar-refractivity contribution is 0.660. The summed E-state index contributed by atoms with van der Waals surface area (Å²) in [5, 5.41) is 8.73. The lowest BCUT2D eigenvalue weighted by Gasteiger charge is -2.46.